The number of esters is 1. The van der Waals surface area contributed by atoms with Crippen LogP contribution in [0.1, 0.15) is 23.7 Å². The van der Waals surface area contributed by atoms with Gasteiger partial charge < -0.3 is 19.9 Å². The Labute approximate surface area is 131 Å². The van der Waals surface area contributed by atoms with Crippen LogP contribution >= 0.6 is 0 Å². The number of nitrogen functional groups attached to an aromatic ring is 1. The molecule has 0 saturated carbocycles. The normalized spacial score (nSPS) is 15.5. The molecule has 122 valence electrons. The number of hydrogen-bond acceptors (Lipinski definition) is 6. The van der Waals surface area contributed by atoms with Crippen LogP contribution in [0.3, 0.4) is 0 Å². The maximum absolute atomic E-state index is 11.8. The van der Waals surface area contributed by atoms with E-state index in [2.05, 4.69) is 4.90 Å². The van der Waals surface area contributed by atoms with Crippen LogP contribution in [0.2, 0.25) is 0 Å². The van der Waals surface area contributed by atoms with E-state index < -0.39 is 0 Å². The van der Waals surface area contributed by atoms with Crippen molar-refractivity contribution in [2.45, 2.75) is 13.3 Å². The highest BCUT2D eigenvalue weighted by atomic mass is 16.5. The first-order chi connectivity index (χ1) is 10.7. The first kappa shape index (κ1) is 16.6. The van der Waals surface area contributed by atoms with Crippen LogP contribution in [0.4, 0.5) is 5.69 Å². The number of morpholine rings is 1. The van der Waals surface area contributed by atoms with Crippen molar-refractivity contribution < 1.29 is 19.0 Å². The van der Waals surface area contributed by atoms with Gasteiger partial charge in [0.05, 0.1) is 31.1 Å². The zero-order valence-electron chi connectivity index (χ0n) is 13.0. The quantitative estimate of drug-likeness (QED) is 0.608. The van der Waals surface area contributed by atoms with Gasteiger partial charge in [0.2, 0.25) is 0 Å². The van der Waals surface area contributed by atoms with E-state index in [1.807, 2.05) is 6.92 Å². The highest BCUT2D eigenvalue weighted by Crippen LogP contribution is 2.23. The Balaban J connectivity index is 1.87. The van der Waals surface area contributed by atoms with E-state index in [1.165, 1.54) is 0 Å². The van der Waals surface area contributed by atoms with Crippen molar-refractivity contribution in [2.75, 3.05) is 51.8 Å². The molecule has 2 rings (SSSR count). The molecule has 1 fully saturated rings. The van der Waals surface area contributed by atoms with Gasteiger partial charge in [-0.25, -0.2) is 4.79 Å². The number of ether oxygens (including phenoxy) is 3. The molecule has 2 N–H and O–H groups in total. The average molecular weight is 308 g/mol. The van der Waals surface area contributed by atoms with Gasteiger partial charge in [-0.15, -0.1) is 0 Å². The first-order valence-corrected chi connectivity index (χ1v) is 7.70. The summed E-state index contributed by atoms with van der Waals surface area (Å²) >= 11 is 0. The van der Waals surface area contributed by atoms with E-state index in [9.17, 15) is 4.79 Å². The Kier molecular flexibility index (Phi) is 6.48. The highest BCUT2D eigenvalue weighted by Gasteiger charge is 2.12. The Morgan fingerprint density at radius 1 is 1.32 bits per heavy atom. The van der Waals surface area contributed by atoms with Gasteiger partial charge in [0.15, 0.2) is 0 Å². The van der Waals surface area contributed by atoms with Crippen LogP contribution in [0.5, 0.6) is 5.75 Å². The lowest BCUT2D eigenvalue weighted by Crippen LogP contribution is -2.38. The fourth-order valence-electron chi connectivity index (χ4n) is 2.17. The summed E-state index contributed by atoms with van der Waals surface area (Å²) in [4.78, 5) is 14.1. The zero-order valence-corrected chi connectivity index (χ0v) is 13.0. The lowest BCUT2D eigenvalue weighted by atomic mass is 10.2. The molecule has 0 spiro atoms. The molecule has 6 heteroatoms. The largest absolute Gasteiger partial charge is 0.490 e. The average Bonchev–Trinajstić information content (AvgIpc) is 2.55. The Morgan fingerprint density at radius 2 is 2.09 bits per heavy atom. The Hall–Kier alpha value is -1.79. The molecule has 1 aliphatic rings. The molecule has 0 aliphatic carbocycles. The summed E-state index contributed by atoms with van der Waals surface area (Å²) in [5.74, 6) is 0.180. The molecule has 0 aromatic heterocycles. The third kappa shape index (κ3) is 4.89. The molecule has 1 aliphatic heterocycles. The number of nitrogens with zero attached hydrogens (tertiary/aromatic N) is 1. The molecule has 0 radical (unpaired) electrons. The van der Waals surface area contributed by atoms with E-state index in [0.717, 1.165) is 39.3 Å². The van der Waals surface area contributed by atoms with Crippen LogP contribution in [-0.4, -0.2) is 56.9 Å². The summed E-state index contributed by atoms with van der Waals surface area (Å²) in [5, 5.41) is 0. The van der Waals surface area contributed by atoms with Crippen molar-refractivity contribution in [1.82, 2.24) is 4.90 Å². The van der Waals surface area contributed by atoms with Gasteiger partial charge in [-0.3, -0.25) is 4.90 Å². The van der Waals surface area contributed by atoms with Crippen LogP contribution in [0.15, 0.2) is 18.2 Å². The van der Waals surface area contributed by atoms with E-state index in [-0.39, 0.29) is 5.97 Å². The maximum Gasteiger partial charge on any atom is 0.338 e. The summed E-state index contributed by atoms with van der Waals surface area (Å²) in [6, 6.07) is 4.97. The molecule has 0 amide bonds. The molecular formula is C16H24N2O4. The van der Waals surface area contributed by atoms with Gasteiger partial charge in [-0.1, -0.05) is 6.92 Å². The lowest BCUT2D eigenvalue weighted by molar-refractivity contribution is 0.0322. The van der Waals surface area contributed by atoms with Crippen molar-refractivity contribution in [3.8, 4) is 5.75 Å². The summed E-state index contributed by atoms with van der Waals surface area (Å²) in [7, 11) is 0. The second kappa shape index (κ2) is 8.60. The smallest absolute Gasteiger partial charge is 0.338 e. The molecule has 1 saturated heterocycles. The number of rotatable bonds is 7. The fourth-order valence-corrected chi connectivity index (χ4v) is 2.17. The van der Waals surface area contributed by atoms with Crippen LogP contribution in [0, 0.1) is 0 Å². The topological polar surface area (TPSA) is 74.0 Å². The SMILES string of the molecule is CCCOC(=O)c1ccc(N)c(OCCN2CCOCC2)c1. The van der Waals surface area contributed by atoms with Crippen molar-refractivity contribution >= 4 is 11.7 Å². The minimum absolute atomic E-state index is 0.347. The minimum Gasteiger partial charge on any atom is -0.490 e. The first-order valence-electron chi connectivity index (χ1n) is 7.70. The van der Waals surface area contributed by atoms with Crippen molar-refractivity contribution in [3.63, 3.8) is 0 Å². The summed E-state index contributed by atoms with van der Waals surface area (Å²) in [5.41, 5.74) is 6.88. The molecule has 0 atom stereocenters. The number of carbonyl (C=O) groups is 1. The number of anilines is 1. The second-order valence-electron chi connectivity index (χ2n) is 5.19. The third-order valence-electron chi connectivity index (χ3n) is 3.46. The number of benzene rings is 1. The molecule has 1 heterocycles. The van der Waals surface area contributed by atoms with E-state index in [0.29, 0.717) is 30.2 Å². The highest BCUT2D eigenvalue weighted by molar-refractivity contribution is 5.90. The molecule has 0 unspecified atom stereocenters. The van der Waals surface area contributed by atoms with Crippen LogP contribution in [0.25, 0.3) is 0 Å². The Bertz CT molecular complexity index is 487. The lowest BCUT2D eigenvalue weighted by Gasteiger charge is -2.26. The van der Waals surface area contributed by atoms with Crippen LogP contribution in [-0.2, 0) is 9.47 Å². The Morgan fingerprint density at radius 3 is 2.82 bits per heavy atom. The van der Waals surface area contributed by atoms with Gasteiger partial charge in [0.1, 0.15) is 12.4 Å². The summed E-state index contributed by atoms with van der Waals surface area (Å²) < 4.78 is 16.1. The number of carbonyl (C=O) groups excluding carboxylic acids is 1. The van der Waals surface area contributed by atoms with Crippen molar-refractivity contribution in [2.24, 2.45) is 0 Å². The molecule has 1 aromatic rings. The maximum atomic E-state index is 11.8. The standard InChI is InChI=1S/C16H24N2O4/c1-2-8-22-16(19)13-3-4-14(17)15(12-13)21-11-7-18-5-9-20-10-6-18/h3-4,12H,2,5-11,17H2,1H3. The van der Waals surface area contributed by atoms with Gasteiger partial charge in [-0.2, -0.15) is 0 Å². The van der Waals surface area contributed by atoms with Crippen LogP contribution < -0.4 is 10.5 Å². The van der Waals surface area contributed by atoms with Crippen molar-refractivity contribution in [1.29, 1.82) is 0 Å². The molecule has 22 heavy (non-hydrogen) atoms. The van der Waals surface area contributed by atoms with Crippen molar-refractivity contribution in [3.05, 3.63) is 23.8 Å². The summed E-state index contributed by atoms with van der Waals surface area (Å²) in [6.07, 6.45) is 0.795. The number of hydrogen-bond donors (Lipinski definition) is 1. The van der Waals surface area contributed by atoms with Gasteiger partial charge >= 0.3 is 5.97 Å². The van der Waals surface area contributed by atoms with Gasteiger partial charge in [-0.05, 0) is 24.6 Å². The zero-order chi connectivity index (χ0) is 15.8. The summed E-state index contributed by atoms with van der Waals surface area (Å²) in [6.45, 7) is 7.07. The predicted molar refractivity (Wildman–Crippen MR) is 84.2 cm³/mol. The molecule has 0 bridgehead atoms. The second-order valence-corrected chi connectivity index (χ2v) is 5.19. The van der Waals surface area contributed by atoms with E-state index >= 15 is 0 Å². The van der Waals surface area contributed by atoms with E-state index in [1.54, 1.807) is 18.2 Å². The third-order valence-corrected chi connectivity index (χ3v) is 3.46. The predicted octanol–water partition coefficient (Wildman–Crippen LogP) is 1.55. The molecule has 6 nitrogen and oxygen atoms in total. The molecule has 1 aromatic carbocycles. The van der Waals surface area contributed by atoms with Gasteiger partial charge in [0, 0.05) is 19.6 Å². The van der Waals surface area contributed by atoms with Gasteiger partial charge in [0.25, 0.3) is 0 Å². The minimum atomic E-state index is -0.347. The fraction of sp³-hybridized carbons (Fsp3) is 0.562. The number of nitrogens with two attached hydrogens (primary N) is 1. The monoisotopic (exact) mass is 308 g/mol. The molecular weight excluding hydrogens is 284 g/mol. The van der Waals surface area contributed by atoms with E-state index in [4.69, 9.17) is 19.9 Å².